The maximum atomic E-state index is 14.4. The molecule has 11 heteroatoms. The predicted octanol–water partition coefficient (Wildman–Crippen LogP) is 5.24. The molecule has 0 radical (unpaired) electrons. The number of nitrogens with zero attached hydrogens (tertiary/aromatic N) is 5. The number of aromatic nitrogens is 3. The number of rotatable bonds is 8. The number of nitrogens with one attached hydrogen (secondary N) is 1. The van der Waals surface area contributed by atoms with Gasteiger partial charge in [0.25, 0.3) is 5.91 Å². The number of alkyl halides is 1. The van der Waals surface area contributed by atoms with Crippen LogP contribution in [0.4, 0.5) is 14.6 Å². The zero-order chi connectivity index (χ0) is 30.6. The van der Waals surface area contributed by atoms with Crippen LogP contribution in [0, 0.1) is 11.2 Å². The van der Waals surface area contributed by atoms with Crippen LogP contribution < -0.4 is 19.7 Å². The molecule has 2 aliphatic heterocycles. The molecule has 2 aliphatic carbocycles. The van der Waals surface area contributed by atoms with E-state index < -0.39 is 11.5 Å². The molecule has 7 rings (SSSR count). The lowest BCUT2D eigenvalue weighted by molar-refractivity contribution is -0.0350. The molecule has 2 aromatic heterocycles. The minimum Gasteiger partial charge on any atom is -0.490 e. The minimum absolute atomic E-state index is 0.0912. The zero-order valence-electron chi connectivity index (χ0n) is 25.4. The summed E-state index contributed by atoms with van der Waals surface area (Å²) in [5.74, 6) is 1.22. The van der Waals surface area contributed by atoms with Gasteiger partial charge in [-0.15, -0.1) is 0 Å². The molecular weight excluding hydrogens is 566 g/mol. The van der Waals surface area contributed by atoms with Gasteiger partial charge < -0.3 is 24.6 Å². The molecule has 1 spiro atoms. The first-order valence-electron chi connectivity index (χ1n) is 15.5. The summed E-state index contributed by atoms with van der Waals surface area (Å²) in [5, 5.41) is 3.41. The lowest BCUT2D eigenvalue weighted by atomic mass is 9.61. The van der Waals surface area contributed by atoms with Crippen LogP contribution in [-0.2, 0) is 13.0 Å². The van der Waals surface area contributed by atoms with Gasteiger partial charge in [-0.1, -0.05) is 0 Å². The summed E-state index contributed by atoms with van der Waals surface area (Å²) in [6, 6.07) is 5.43. The summed E-state index contributed by atoms with van der Waals surface area (Å²) in [7, 11) is 0. The molecule has 0 bridgehead atoms. The van der Waals surface area contributed by atoms with Gasteiger partial charge in [0, 0.05) is 80.4 Å². The van der Waals surface area contributed by atoms with Crippen LogP contribution in [0.2, 0.25) is 0 Å². The molecule has 0 atom stereocenters. The first-order chi connectivity index (χ1) is 21.1. The van der Waals surface area contributed by atoms with Crippen molar-refractivity contribution in [2.75, 3.05) is 24.5 Å². The summed E-state index contributed by atoms with van der Waals surface area (Å²) in [6.07, 6.45) is 8.38. The molecule has 1 N–H and O–H groups in total. The Hall–Kier alpha value is -3.86. The highest BCUT2D eigenvalue weighted by molar-refractivity contribution is 5.97. The Morgan fingerprint density at radius 3 is 2.66 bits per heavy atom. The molecule has 3 fully saturated rings. The number of fused-ring (bicyclic) bond motifs is 1. The average Bonchev–Trinajstić information content (AvgIpc) is 2.94. The van der Waals surface area contributed by atoms with Crippen LogP contribution in [-0.4, -0.2) is 69.2 Å². The normalized spacial score (nSPS) is 23.8. The van der Waals surface area contributed by atoms with Gasteiger partial charge in [-0.2, -0.15) is 0 Å². The Labute approximate surface area is 256 Å². The third-order valence-electron chi connectivity index (χ3n) is 9.47. The number of ether oxygens (including phenoxy) is 2. The van der Waals surface area contributed by atoms with Gasteiger partial charge >= 0.3 is 0 Å². The van der Waals surface area contributed by atoms with Crippen molar-refractivity contribution >= 4 is 11.7 Å². The van der Waals surface area contributed by atoms with Crippen LogP contribution in [0.1, 0.15) is 68.1 Å². The topological polar surface area (TPSA) is 92.7 Å². The molecule has 44 heavy (non-hydrogen) atoms. The van der Waals surface area contributed by atoms with Crippen molar-refractivity contribution in [3.63, 3.8) is 0 Å². The van der Waals surface area contributed by atoms with Crippen LogP contribution in [0.15, 0.2) is 43.0 Å². The minimum atomic E-state index is -1.30. The molecule has 9 nitrogen and oxygen atoms in total. The Morgan fingerprint density at radius 2 is 1.91 bits per heavy atom. The first-order valence-corrected chi connectivity index (χ1v) is 15.5. The molecule has 2 saturated carbocycles. The molecule has 232 valence electrons. The van der Waals surface area contributed by atoms with Gasteiger partial charge in [0.1, 0.15) is 35.4 Å². The number of carbonyl (C=O) groups is 1. The third kappa shape index (κ3) is 5.35. The van der Waals surface area contributed by atoms with Gasteiger partial charge in [0.05, 0.1) is 11.8 Å². The van der Waals surface area contributed by atoms with Crippen LogP contribution in [0.25, 0.3) is 0 Å². The smallest absolute Gasteiger partial charge is 0.258 e. The van der Waals surface area contributed by atoms with E-state index in [9.17, 15) is 13.6 Å². The quantitative estimate of drug-likeness (QED) is 0.374. The number of hydrogen-bond acceptors (Lipinski definition) is 8. The fraction of sp³-hybridized carbons (Fsp3) is 0.515. The summed E-state index contributed by atoms with van der Waals surface area (Å²) in [5.41, 5.74) is 1.23. The fourth-order valence-corrected chi connectivity index (χ4v) is 7.37. The Bertz CT molecular complexity index is 1560. The number of amides is 1. The average molecular weight is 605 g/mol. The van der Waals surface area contributed by atoms with Crippen molar-refractivity contribution in [2.45, 2.75) is 83.3 Å². The molecular formula is C33H38F2N6O3. The van der Waals surface area contributed by atoms with Crippen LogP contribution in [0.3, 0.4) is 0 Å². The van der Waals surface area contributed by atoms with E-state index in [0.29, 0.717) is 11.6 Å². The number of hydrogen-bond donors (Lipinski definition) is 1. The first kappa shape index (κ1) is 28.9. The SMILES string of the molecule is CC(C)N(C(=O)c1cc(F)ccc1Oc1cncnc1N1CC2(CC(Oc3ccnc4c3CNCC4)C2)C1)C1CC(C)(F)C1. The standard InChI is InChI=1S/C33H38F2N6O3/c1-20(2)41(22-11-32(3,35)12-22)31(42)24-10-21(34)4-5-27(24)44-29-16-37-19-39-30(29)40-17-33(18-40)13-23(14-33)43-28-7-9-38-26-6-8-36-15-25(26)28/h4-5,7,9-10,16,19-20,22-23,36H,6,8,11-15,17-18H2,1-3H3. The van der Waals surface area contributed by atoms with E-state index in [1.54, 1.807) is 18.0 Å². The second-order valence-corrected chi connectivity index (χ2v) is 13.4. The highest BCUT2D eigenvalue weighted by Crippen LogP contribution is 2.52. The Morgan fingerprint density at radius 1 is 1.11 bits per heavy atom. The van der Waals surface area contributed by atoms with E-state index in [0.717, 1.165) is 56.9 Å². The second kappa shape index (κ2) is 10.9. The highest BCUT2D eigenvalue weighted by atomic mass is 19.1. The fourth-order valence-electron chi connectivity index (χ4n) is 7.37. The number of carbonyl (C=O) groups excluding carboxylic acids is 1. The number of benzene rings is 1. The van der Waals surface area contributed by atoms with E-state index in [-0.39, 0.29) is 53.7 Å². The van der Waals surface area contributed by atoms with Gasteiger partial charge in [0.15, 0.2) is 11.6 Å². The van der Waals surface area contributed by atoms with Crippen LogP contribution in [0.5, 0.6) is 17.2 Å². The molecule has 1 saturated heterocycles. The molecule has 3 aromatic rings. The maximum absolute atomic E-state index is 14.4. The number of halogens is 2. The van der Waals surface area contributed by atoms with E-state index >= 15 is 0 Å². The highest BCUT2D eigenvalue weighted by Gasteiger charge is 2.54. The van der Waals surface area contributed by atoms with Gasteiger partial charge in [0.2, 0.25) is 0 Å². The van der Waals surface area contributed by atoms with Crippen molar-refractivity contribution in [1.29, 1.82) is 0 Å². The lowest BCUT2D eigenvalue weighted by Gasteiger charge is -2.59. The van der Waals surface area contributed by atoms with E-state index in [1.807, 2.05) is 26.1 Å². The van der Waals surface area contributed by atoms with Crippen molar-refractivity contribution < 1.29 is 23.0 Å². The Kier molecular flexibility index (Phi) is 7.18. The summed E-state index contributed by atoms with van der Waals surface area (Å²) in [6.45, 7) is 8.64. The lowest BCUT2D eigenvalue weighted by Crippen LogP contribution is -2.65. The van der Waals surface area contributed by atoms with Crippen molar-refractivity contribution in [1.82, 2.24) is 25.2 Å². The summed E-state index contributed by atoms with van der Waals surface area (Å²) in [4.78, 5) is 30.7. The molecule has 4 heterocycles. The van der Waals surface area contributed by atoms with E-state index in [4.69, 9.17) is 9.47 Å². The monoisotopic (exact) mass is 604 g/mol. The summed E-state index contributed by atoms with van der Waals surface area (Å²) < 4.78 is 41.5. The molecule has 4 aliphatic rings. The van der Waals surface area contributed by atoms with Crippen LogP contribution >= 0.6 is 0 Å². The number of anilines is 1. The largest absolute Gasteiger partial charge is 0.490 e. The third-order valence-corrected chi connectivity index (χ3v) is 9.47. The zero-order valence-corrected chi connectivity index (χ0v) is 25.4. The second-order valence-electron chi connectivity index (χ2n) is 13.4. The van der Waals surface area contributed by atoms with Gasteiger partial charge in [-0.25, -0.2) is 18.7 Å². The van der Waals surface area contributed by atoms with E-state index in [1.165, 1.54) is 30.1 Å². The van der Waals surface area contributed by atoms with Crippen molar-refractivity contribution in [3.05, 3.63) is 65.6 Å². The van der Waals surface area contributed by atoms with Crippen molar-refractivity contribution in [3.8, 4) is 17.2 Å². The Balaban J connectivity index is 1.03. The maximum Gasteiger partial charge on any atom is 0.258 e. The molecule has 0 unspecified atom stereocenters. The molecule has 1 aromatic carbocycles. The number of pyridine rings is 1. The van der Waals surface area contributed by atoms with Crippen molar-refractivity contribution in [2.24, 2.45) is 5.41 Å². The van der Waals surface area contributed by atoms with Gasteiger partial charge in [-0.05, 0) is 57.9 Å². The predicted molar refractivity (Wildman–Crippen MR) is 160 cm³/mol. The van der Waals surface area contributed by atoms with E-state index in [2.05, 4.69) is 25.2 Å². The molecule has 1 amide bonds. The van der Waals surface area contributed by atoms with Gasteiger partial charge in [-0.3, -0.25) is 9.78 Å². The summed E-state index contributed by atoms with van der Waals surface area (Å²) >= 11 is 0.